The highest BCUT2D eigenvalue weighted by Gasteiger charge is 2.39. The summed E-state index contributed by atoms with van der Waals surface area (Å²) in [7, 11) is 0. The molecule has 1 N–H and O–H groups in total. The number of amides is 2. The SMILES string of the molecule is C#CCCC1(CCNC(=O)[C@H]2CCCN2C(=O)c2cncc(F)c2)N=N1. The Morgan fingerprint density at radius 3 is 2.88 bits per heavy atom. The van der Waals surface area contributed by atoms with Crippen molar-refractivity contribution in [1.29, 1.82) is 0 Å². The van der Waals surface area contributed by atoms with Crippen molar-refractivity contribution in [3.8, 4) is 12.3 Å². The molecule has 26 heavy (non-hydrogen) atoms. The smallest absolute Gasteiger partial charge is 0.256 e. The van der Waals surface area contributed by atoms with Crippen LogP contribution in [-0.2, 0) is 4.79 Å². The highest BCUT2D eigenvalue weighted by atomic mass is 19.1. The number of likely N-dealkylation sites (tertiary alicyclic amines) is 1. The molecule has 0 aliphatic carbocycles. The molecule has 1 aromatic heterocycles. The van der Waals surface area contributed by atoms with Crippen LogP contribution in [0.3, 0.4) is 0 Å². The molecule has 1 aromatic rings. The molecule has 2 aliphatic rings. The molecule has 8 heteroatoms. The van der Waals surface area contributed by atoms with Crippen LogP contribution in [0.1, 0.15) is 42.5 Å². The van der Waals surface area contributed by atoms with Crippen LogP contribution in [0.4, 0.5) is 4.39 Å². The van der Waals surface area contributed by atoms with E-state index in [2.05, 4.69) is 26.4 Å². The number of aromatic nitrogens is 1. The van der Waals surface area contributed by atoms with Crippen molar-refractivity contribution in [3.63, 3.8) is 0 Å². The number of hydrogen-bond donors (Lipinski definition) is 1. The molecule has 0 spiro atoms. The lowest BCUT2D eigenvalue weighted by Crippen LogP contribution is -2.46. The Hall–Kier alpha value is -2.82. The summed E-state index contributed by atoms with van der Waals surface area (Å²) >= 11 is 0. The number of hydrogen-bond acceptors (Lipinski definition) is 5. The minimum atomic E-state index is -0.578. The van der Waals surface area contributed by atoms with E-state index < -0.39 is 17.5 Å². The summed E-state index contributed by atoms with van der Waals surface area (Å²) in [6, 6.07) is 0.578. The highest BCUT2D eigenvalue weighted by molar-refractivity contribution is 5.97. The lowest BCUT2D eigenvalue weighted by atomic mass is 10.0. The molecule has 0 radical (unpaired) electrons. The molecule has 1 saturated heterocycles. The summed E-state index contributed by atoms with van der Waals surface area (Å²) < 4.78 is 13.3. The van der Waals surface area contributed by atoms with Gasteiger partial charge >= 0.3 is 0 Å². The van der Waals surface area contributed by atoms with Gasteiger partial charge in [0.1, 0.15) is 11.9 Å². The minimum absolute atomic E-state index is 0.147. The van der Waals surface area contributed by atoms with E-state index in [1.807, 2.05) is 0 Å². The summed E-state index contributed by atoms with van der Waals surface area (Å²) in [6.07, 6.45) is 10.8. The third-order valence-electron chi connectivity index (χ3n) is 4.65. The van der Waals surface area contributed by atoms with Gasteiger partial charge < -0.3 is 10.2 Å². The first-order chi connectivity index (χ1) is 12.5. The van der Waals surface area contributed by atoms with Crippen LogP contribution >= 0.6 is 0 Å². The molecule has 136 valence electrons. The molecule has 7 nitrogen and oxygen atoms in total. The molecular formula is C18H20FN5O2. The molecule has 0 unspecified atom stereocenters. The fourth-order valence-electron chi connectivity index (χ4n) is 3.15. The van der Waals surface area contributed by atoms with Gasteiger partial charge in [0, 0.05) is 38.5 Å². The average Bonchev–Trinajstić information content (AvgIpc) is 3.23. The van der Waals surface area contributed by atoms with Crippen LogP contribution < -0.4 is 5.32 Å². The Balaban J connectivity index is 1.53. The Morgan fingerprint density at radius 1 is 1.38 bits per heavy atom. The molecule has 3 heterocycles. The first kappa shape index (κ1) is 18.0. The zero-order chi connectivity index (χ0) is 18.6. The predicted octanol–water partition coefficient (Wildman–Crippen LogP) is 1.91. The maximum absolute atomic E-state index is 13.3. The summed E-state index contributed by atoms with van der Waals surface area (Å²) in [5, 5.41) is 10.9. The van der Waals surface area contributed by atoms with E-state index in [0.29, 0.717) is 38.8 Å². The van der Waals surface area contributed by atoms with E-state index in [1.165, 1.54) is 11.1 Å². The second-order valence-electron chi connectivity index (χ2n) is 6.48. The molecular weight excluding hydrogens is 337 g/mol. The van der Waals surface area contributed by atoms with Gasteiger partial charge in [-0.25, -0.2) is 4.39 Å². The summed E-state index contributed by atoms with van der Waals surface area (Å²) in [5.74, 6) is 1.39. The summed E-state index contributed by atoms with van der Waals surface area (Å²) in [5.41, 5.74) is -0.300. The quantitative estimate of drug-likeness (QED) is 0.756. The number of nitrogens with zero attached hydrogens (tertiary/aromatic N) is 4. The second-order valence-corrected chi connectivity index (χ2v) is 6.48. The molecule has 1 atom stereocenters. The van der Waals surface area contributed by atoms with Gasteiger partial charge in [-0.3, -0.25) is 14.6 Å². The normalized spacial score (nSPS) is 19.8. The van der Waals surface area contributed by atoms with Crippen LogP contribution in [0.15, 0.2) is 28.7 Å². The van der Waals surface area contributed by atoms with Gasteiger partial charge in [-0.1, -0.05) is 0 Å². The monoisotopic (exact) mass is 357 g/mol. The van der Waals surface area contributed by atoms with Crippen molar-refractivity contribution in [2.24, 2.45) is 10.2 Å². The van der Waals surface area contributed by atoms with E-state index in [9.17, 15) is 14.0 Å². The fraction of sp³-hybridized carbons (Fsp3) is 0.500. The van der Waals surface area contributed by atoms with Crippen molar-refractivity contribution in [3.05, 3.63) is 29.8 Å². The van der Waals surface area contributed by atoms with Gasteiger partial charge in [0.15, 0.2) is 5.66 Å². The molecule has 0 aromatic carbocycles. The number of terminal acetylenes is 1. The van der Waals surface area contributed by atoms with Crippen molar-refractivity contribution in [1.82, 2.24) is 15.2 Å². The van der Waals surface area contributed by atoms with Gasteiger partial charge in [0.2, 0.25) is 5.91 Å². The third kappa shape index (κ3) is 4.04. The number of rotatable bonds is 7. The standard InChI is InChI=1S/C18H20FN5O2/c1-2-3-6-18(22-23-18)7-8-21-16(25)15-5-4-9-24(15)17(26)13-10-14(19)12-20-11-13/h1,10-12,15H,3-9H2,(H,21,25)/t15-/m1/s1. The van der Waals surface area contributed by atoms with Crippen LogP contribution in [0, 0.1) is 18.2 Å². The third-order valence-corrected chi connectivity index (χ3v) is 4.65. The maximum Gasteiger partial charge on any atom is 0.256 e. The minimum Gasteiger partial charge on any atom is -0.354 e. The number of nitrogens with one attached hydrogen (secondary N) is 1. The largest absolute Gasteiger partial charge is 0.354 e. The zero-order valence-electron chi connectivity index (χ0n) is 14.3. The lowest BCUT2D eigenvalue weighted by molar-refractivity contribution is -0.124. The average molecular weight is 357 g/mol. The summed E-state index contributed by atoms with van der Waals surface area (Å²) in [6.45, 7) is 0.876. The van der Waals surface area contributed by atoms with Crippen molar-refractivity contribution < 1.29 is 14.0 Å². The van der Waals surface area contributed by atoms with Crippen LogP contribution in [0.2, 0.25) is 0 Å². The first-order valence-corrected chi connectivity index (χ1v) is 8.61. The van der Waals surface area contributed by atoms with Gasteiger partial charge in [-0.05, 0) is 18.9 Å². The van der Waals surface area contributed by atoms with Crippen LogP contribution in [-0.4, -0.2) is 46.5 Å². The molecule has 0 saturated carbocycles. The van der Waals surface area contributed by atoms with Crippen LogP contribution in [0.5, 0.6) is 0 Å². The van der Waals surface area contributed by atoms with E-state index in [0.717, 1.165) is 18.7 Å². The van der Waals surface area contributed by atoms with E-state index in [1.54, 1.807) is 0 Å². The van der Waals surface area contributed by atoms with Crippen molar-refractivity contribution >= 4 is 11.8 Å². The Kier molecular flexibility index (Phi) is 5.26. The predicted molar refractivity (Wildman–Crippen MR) is 91.5 cm³/mol. The molecule has 1 fully saturated rings. The second kappa shape index (κ2) is 7.60. The Labute approximate surface area is 151 Å². The molecule has 2 aliphatic heterocycles. The number of halogens is 1. The van der Waals surface area contributed by atoms with Gasteiger partial charge in [0.05, 0.1) is 11.8 Å². The van der Waals surface area contributed by atoms with E-state index in [-0.39, 0.29) is 17.4 Å². The molecule has 3 rings (SSSR count). The van der Waals surface area contributed by atoms with Crippen LogP contribution in [0.25, 0.3) is 0 Å². The van der Waals surface area contributed by atoms with E-state index >= 15 is 0 Å². The highest BCUT2D eigenvalue weighted by Crippen LogP contribution is 2.36. The zero-order valence-corrected chi connectivity index (χ0v) is 14.3. The van der Waals surface area contributed by atoms with Crippen molar-refractivity contribution in [2.75, 3.05) is 13.1 Å². The van der Waals surface area contributed by atoms with Crippen molar-refractivity contribution in [2.45, 2.75) is 43.8 Å². The van der Waals surface area contributed by atoms with Gasteiger partial charge in [0.25, 0.3) is 5.91 Å². The first-order valence-electron chi connectivity index (χ1n) is 8.61. The Bertz CT molecular complexity index is 767. The van der Waals surface area contributed by atoms with Gasteiger partial charge in [-0.2, -0.15) is 10.2 Å². The number of carbonyl (C=O) groups excluding carboxylic acids is 2. The maximum atomic E-state index is 13.3. The summed E-state index contributed by atoms with van der Waals surface area (Å²) in [4.78, 5) is 30.2. The number of carbonyl (C=O) groups is 2. The van der Waals surface area contributed by atoms with E-state index in [4.69, 9.17) is 6.42 Å². The fourth-order valence-corrected chi connectivity index (χ4v) is 3.15. The number of pyridine rings is 1. The Morgan fingerprint density at radius 2 is 2.19 bits per heavy atom. The lowest BCUT2D eigenvalue weighted by Gasteiger charge is -2.24. The molecule has 0 bridgehead atoms. The van der Waals surface area contributed by atoms with Gasteiger partial charge in [-0.15, -0.1) is 12.3 Å². The topological polar surface area (TPSA) is 87.0 Å². The molecule has 2 amide bonds.